The van der Waals surface area contributed by atoms with Crippen molar-refractivity contribution in [1.82, 2.24) is 9.88 Å². The lowest BCUT2D eigenvalue weighted by Gasteiger charge is -2.40. The minimum Gasteiger partial charge on any atom is -0.439 e. The van der Waals surface area contributed by atoms with Gasteiger partial charge in [-0.1, -0.05) is 11.6 Å². The molecular weight excluding hydrogens is 312 g/mol. The second-order valence-electron chi connectivity index (χ2n) is 6.73. The Hall–Kier alpha value is -1.36. The summed E-state index contributed by atoms with van der Waals surface area (Å²) in [5.41, 5.74) is 1.77. The van der Waals surface area contributed by atoms with Crippen LogP contribution in [0.3, 0.4) is 0 Å². The van der Waals surface area contributed by atoms with Crippen molar-refractivity contribution < 1.29 is 9.15 Å². The van der Waals surface area contributed by atoms with Gasteiger partial charge in [-0.05, 0) is 52.0 Å². The van der Waals surface area contributed by atoms with Crippen molar-refractivity contribution in [2.45, 2.75) is 39.3 Å². The SMILES string of the molecule is Cc1nc([C@H](C)N2CCOC(C)(C)C2)oc1-c1ccc(Cl)cc1. The molecule has 0 saturated carbocycles. The van der Waals surface area contributed by atoms with Crippen LogP contribution in [0.1, 0.15) is 38.4 Å². The van der Waals surface area contributed by atoms with Crippen molar-refractivity contribution in [2.75, 3.05) is 19.7 Å². The van der Waals surface area contributed by atoms with Crippen LogP contribution in [0.2, 0.25) is 5.02 Å². The zero-order chi connectivity index (χ0) is 16.6. The van der Waals surface area contributed by atoms with Crippen LogP contribution in [0.5, 0.6) is 0 Å². The van der Waals surface area contributed by atoms with Crippen molar-refractivity contribution in [2.24, 2.45) is 0 Å². The zero-order valence-corrected chi connectivity index (χ0v) is 14.9. The van der Waals surface area contributed by atoms with Gasteiger partial charge in [0.2, 0.25) is 5.89 Å². The maximum absolute atomic E-state index is 6.09. The van der Waals surface area contributed by atoms with Gasteiger partial charge in [0.15, 0.2) is 5.76 Å². The predicted octanol–water partition coefficient (Wildman–Crippen LogP) is 4.48. The monoisotopic (exact) mass is 334 g/mol. The average molecular weight is 335 g/mol. The molecule has 1 atom stereocenters. The summed E-state index contributed by atoms with van der Waals surface area (Å²) in [5, 5.41) is 0.718. The molecule has 124 valence electrons. The van der Waals surface area contributed by atoms with E-state index >= 15 is 0 Å². The van der Waals surface area contributed by atoms with E-state index < -0.39 is 0 Å². The molecule has 23 heavy (non-hydrogen) atoms. The molecule has 2 aromatic rings. The van der Waals surface area contributed by atoms with Gasteiger partial charge in [0, 0.05) is 23.7 Å². The van der Waals surface area contributed by atoms with Crippen LogP contribution < -0.4 is 0 Å². The summed E-state index contributed by atoms with van der Waals surface area (Å²) in [5.74, 6) is 1.57. The van der Waals surface area contributed by atoms with Gasteiger partial charge in [0.25, 0.3) is 0 Å². The van der Waals surface area contributed by atoms with Gasteiger partial charge in [-0.15, -0.1) is 0 Å². The van der Waals surface area contributed by atoms with Crippen LogP contribution in [-0.4, -0.2) is 35.2 Å². The van der Waals surface area contributed by atoms with E-state index in [1.807, 2.05) is 31.2 Å². The summed E-state index contributed by atoms with van der Waals surface area (Å²) in [6, 6.07) is 7.78. The molecule has 1 aromatic carbocycles. The Morgan fingerprint density at radius 1 is 1.26 bits per heavy atom. The zero-order valence-electron chi connectivity index (χ0n) is 14.1. The first-order valence-electron chi connectivity index (χ1n) is 7.97. The van der Waals surface area contributed by atoms with E-state index in [2.05, 4.69) is 30.7 Å². The minimum absolute atomic E-state index is 0.123. The number of nitrogens with zero attached hydrogens (tertiary/aromatic N) is 2. The normalized spacial score (nSPS) is 19.7. The van der Waals surface area contributed by atoms with Crippen LogP contribution in [0, 0.1) is 6.92 Å². The summed E-state index contributed by atoms with van der Waals surface area (Å²) in [6.45, 7) is 10.8. The van der Waals surface area contributed by atoms with Gasteiger partial charge < -0.3 is 9.15 Å². The highest BCUT2D eigenvalue weighted by Crippen LogP contribution is 2.31. The fourth-order valence-corrected chi connectivity index (χ4v) is 3.13. The number of aryl methyl sites for hydroxylation is 1. The first kappa shape index (κ1) is 16.5. The largest absolute Gasteiger partial charge is 0.439 e. The maximum atomic E-state index is 6.09. The number of morpholine rings is 1. The number of halogens is 1. The van der Waals surface area contributed by atoms with Crippen molar-refractivity contribution in [3.63, 3.8) is 0 Å². The van der Waals surface area contributed by atoms with E-state index in [1.54, 1.807) is 0 Å². The van der Waals surface area contributed by atoms with Crippen LogP contribution in [0.25, 0.3) is 11.3 Å². The molecule has 1 fully saturated rings. The highest BCUT2D eigenvalue weighted by molar-refractivity contribution is 6.30. The van der Waals surface area contributed by atoms with Crippen molar-refractivity contribution in [3.8, 4) is 11.3 Å². The van der Waals surface area contributed by atoms with E-state index in [0.29, 0.717) is 0 Å². The molecule has 0 amide bonds. The summed E-state index contributed by atoms with van der Waals surface area (Å²) >= 11 is 5.96. The van der Waals surface area contributed by atoms with E-state index in [9.17, 15) is 0 Å². The number of oxazole rings is 1. The molecule has 1 saturated heterocycles. The van der Waals surface area contributed by atoms with Crippen molar-refractivity contribution in [3.05, 3.63) is 40.9 Å². The number of ether oxygens (including phenoxy) is 1. The standard InChI is InChI=1S/C18H23ClN2O2/c1-12-16(14-5-7-15(19)8-6-14)23-17(20-12)13(2)21-9-10-22-18(3,4)11-21/h5-8,13H,9-11H2,1-4H3/t13-/m0/s1. The molecule has 2 heterocycles. The van der Waals surface area contributed by atoms with E-state index in [1.165, 1.54) is 0 Å². The first-order valence-corrected chi connectivity index (χ1v) is 8.35. The predicted molar refractivity (Wildman–Crippen MR) is 91.7 cm³/mol. The van der Waals surface area contributed by atoms with E-state index in [0.717, 1.165) is 47.6 Å². The quantitative estimate of drug-likeness (QED) is 0.829. The van der Waals surface area contributed by atoms with E-state index in [4.69, 9.17) is 20.8 Å². The molecule has 0 N–H and O–H groups in total. The van der Waals surface area contributed by atoms with Gasteiger partial charge in [0.05, 0.1) is 23.9 Å². The van der Waals surface area contributed by atoms with Gasteiger partial charge in [-0.3, -0.25) is 4.90 Å². The molecule has 0 radical (unpaired) electrons. The number of benzene rings is 1. The van der Waals surface area contributed by atoms with Gasteiger partial charge in [-0.2, -0.15) is 0 Å². The van der Waals surface area contributed by atoms with Crippen molar-refractivity contribution in [1.29, 1.82) is 0 Å². The van der Waals surface area contributed by atoms with Gasteiger partial charge >= 0.3 is 0 Å². The molecular formula is C18H23ClN2O2. The average Bonchev–Trinajstić information content (AvgIpc) is 2.88. The highest BCUT2D eigenvalue weighted by Gasteiger charge is 2.32. The molecule has 0 bridgehead atoms. The molecule has 1 aromatic heterocycles. The molecule has 1 aliphatic heterocycles. The number of hydrogen-bond acceptors (Lipinski definition) is 4. The Labute approximate surface area is 142 Å². The first-order chi connectivity index (χ1) is 10.9. The van der Waals surface area contributed by atoms with Crippen LogP contribution in [0.15, 0.2) is 28.7 Å². The van der Waals surface area contributed by atoms with E-state index in [-0.39, 0.29) is 11.6 Å². The third kappa shape index (κ3) is 3.60. The number of rotatable bonds is 3. The number of hydrogen-bond donors (Lipinski definition) is 0. The molecule has 0 aliphatic carbocycles. The Morgan fingerprint density at radius 3 is 2.61 bits per heavy atom. The van der Waals surface area contributed by atoms with Gasteiger partial charge in [0.1, 0.15) is 0 Å². The Morgan fingerprint density at radius 2 is 1.96 bits per heavy atom. The lowest BCUT2D eigenvalue weighted by molar-refractivity contribution is -0.0979. The lowest BCUT2D eigenvalue weighted by Crippen LogP contribution is -2.49. The van der Waals surface area contributed by atoms with Crippen molar-refractivity contribution >= 4 is 11.6 Å². The fraction of sp³-hybridized carbons (Fsp3) is 0.500. The highest BCUT2D eigenvalue weighted by atomic mass is 35.5. The second-order valence-corrected chi connectivity index (χ2v) is 7.16. The smallest absolute Gasteiger partial charge is 0.212 e. The fourth-order valence-electron chi connectivity index (χ4n) is 3.00. The second kappa shape index (κ2) is 6.27. The molecule has 4 nitrogen and oxygen atoms in total. The van der Waals surface area contributed by atoms with Crippen LogP contribution in [-0.2, 0) is 4.74 Å². The molecule has 0 unspecified atom stereocenters. The Balaban J connectivity index is 1.84. The summed E-state index contributed by atoms with van der Waals surface area (Å²) < 4.78 is 11.9. The molecule has 5 heteroatoms. The Kier molecular flexibility index (Phi) is 4.50. The van der Waals surface area contributed by atoms with Crippen LogP contribution >= 0.6 is 11.6 Å². The summed E-state index contributed by atoms with van der Waals surface area (Å²) in [7, 11) is 0. The topological polar surface area (TPSA) is 38.5 Å². The summed E-state index contributed by atoms with van der Waals surface area (Å²) in [4.78, 5) is 7.01. The minimum atomic E-state index is -0.132. The van der Waals surface area contributed by atoms with Crippen LogP contribution in [0.4, 0.5) is 0 Å². The Bertz CT molecular complexity index is 679. The van der Waals surface area contributed by atoms with Gasteiger partial charge in [-0.25, -0.2) is 4.98 Å². The third-order valence-electron chi connectivity index (χ3n) is 4.28. The summed E-state index contributed by atoms with van der Waals surface area (Å²) in [6.07, 6.45) is 0. The molecule has 3 rings (SSSR count). The molecule has 0 spiro atoms. The maximum Gasteiger partial charge on any atom is 0.212 e. The lowest BCUT2D eigenvalue weighted by atomic mass is 10.1. The number of aromatic nitrogens is 1. The molecule has 1 aliphatic rings. The third-order valence-corrected chi connectivity index (χ3v) is 4.53.